The van der Waals surface area contributed by atoms with Crippen molar-refractivity contribution in [2.45, 2.75) is 19.1 Å². The number of nitriles is 1. The average Bonchev–Trinajstić information content (AvgIpc) is 3.20. The molecule has 0 N–H and O–H groups in total. The summed E-state index contributed by atoms with van der Waals surface area (Å²) < 4.78 is 21.9. The van der Waals surface area contributed by atoms with Gasteiger partial charge in [0.15, 0.2) is 24.4 Å². The lowest BCUT2D eigenvalue weighted by Gasteiger charge is -2.33. The highest BCUT2D eigenvalue weighted by atomic mass is 16.7. The monoisotopic (exact) mass is 346 g/mol. The fraction of sp³-hybridized carbons (Fsp3) is 0.556. The Kier molecular flexibility index (Phi) is 5.74. The highest BCUT2D eigenvalue weighted by molar-refractivity contribution is 5.78. The molecule has 0 atom stereocenters. The number of methoxy groups -OCH3 is 1. The van der Waals surface area contributed by atoms with Crippen LogP contribution in [0.3, 0.4) is 0 Å². The second-order valence-electron chi connectivity index (χ2n) is 6.09. The number of likely N-dealkylation sites (tertiary alicyclic amines) is 1. The predicted molar refractivity (Wildman–Crippen MR) is 88.2 cm³/mol. The molecule has 0 aromatic heterocycles. The van der Waals surface area contributed by atoms with Crippen LogP contribution < -0.4 is 9.47 Å². The van der Waals surface area contributed by atoms with Gasteiger partial charge >= 0.3 is 0 Å². The van der Waals surface area contributed by atoms with Crippen molar-refractivity contribution in [3.05, 3.63) is 23.8 Å². The van der Waals surface area contributed by atoms with Crippen LogP contribution in [0.1, 0.15) is 18.4 Å². The predicted octanol–water partition coefficient (Wildman–Crippen LogP) is 1.56. The van der Waals surface area contributed by atoms with Gasteiger partial charge in [-0.2, -0.15) is 5.26 Å². The summed E-state index contributed by atoms with van der Waals surface area (Å²) >= 11 is 0. The minimum absolute atomic E-state index is 0.0522. The SMILES string of the molecule is COc1cc(C#N)ccc1OCC(=O)N1CCC(C2OCCO2)CC1. The first-order chi connectivity index (χ1) is 12.2. The summed E-state index contributed by atoms with van der Waals surface area (Å²) in [5.74, 6) is 1.20. The van der Waals surface area contributed by atoms with Gasteiger partial charge in [0, 0.05) is 25.1 Å². The Hall–Kier alpha value is -2.30. The quantitative estimate of drug-likeness (QED) is 0.805. The van der Waals surface area contributed by atoms with Crippen LogP contribution in [0, 0.1) is 17.2 Å². The third-order valence-electron chi connectivity index (χ3n) is 4.57. The summed E-state index contributed by atoms with van der Waals surface area (Å²) in [6, 6.07) is 6.91. The zero-order valence-electron chi connectivity index (χ0n) is 14.3. The largest absolute Gasteiger partial charge is 0.493 e. The molecule has 0 radical (unpaired) electrons. The van der Waals surface area contributed by atoms with Gasteiger partial charge in [0.2, 0.25) is 0 Å². The summed E-state index contributed by atoms with van der Waals surface area (Å²) in [5.41, 5.74) is 0.481. The molecule has 0 spiro atoms. The van der Waals surface area contributed by atoms with Crippen molar-refractivity contribution < 1.29 is 23.7 Å². The van der Waals surface area contributed by atoms with E-state index >= 15 is 0 Å². The lowest BCUT2D eigenvalue weighted by molar-refractivity contribution is -0.138. The number of benzene rings is 1. The van der Waals surface area contributed by atoms with Crippen LogP contribution in [-0.2, 0) is 14.3 Å². The smallest absolute Gasteiger partial charge is 0.260 e. The molecule has 3 rings (SSSR count). The number of carbonyl (C=O) groups excluding carboxylic acids is 1. The molecule has 134 valence electrons. The second-order valence-corrected chi connectivity index (χ2v) is 6.09. The molecule has 1 aromatic rings. The van der Waals surface area contributed by atoms with Crippen LogP contribution in [0.15, 0.2) is 18.2 Å². The van der Waals surface area contributed by atoms with Gasteiger partial charge in [-0.15, -0.1) is 0 Å². The van der Waals surface area contributed by atoms with Gasteiger partial charge < -0.3 is 23.8 Å². The normalized spacial score (nSPS) is 18.8. The van der Waals surface area contributed by atoms with Crippen LogP contribution >= 0.6 is 0 Å². The van der Waals surface area contributed by atoms with Crippen LogP contribution in [0.4, 0.5) is 0 Å². The lowest BCUT2D eigenvalue weighted by Crippen LogP contribution is -2.43. The first kappa shape index (κ1) is 17.5. The minimum atomic E-state index is -0.114. The molecular formula is C18H22N2O5. The molecule has 7 nitrogen and oxygen atoms in total. The molecule has 2 aliphatic rings. The van der Waals surface area contributed by atoms with Gasteiger partial charge in [0.05, 0.1) is 32.0 Å². The number of hydrogen-bond donors (Lipinski definition) is 0. The van der Waals surface area contributed by atoms with E-state index in [9.17, 15) is 4.79 Å². The maximum atomic E-state index is 12.4. The molecule has 0 aliphatic carbocycles. The fourth-order valence-electron chi connectivity index (χ4n) is 3.16. The summed E-state index contributed by atoms with van der Waals surface area (Å²) in [5, 5.41) is 8.91. The van der Waals surface area contributed by atoms with Crippen LogP contribution in [0.5, 0.6) is 11.5 Å². The number of piperidine rings is 1. The molecule has 0 saturated carbocycles. The summed E-state index contributed by atoms with van der Waals surface area (Å²) in [4.78, 5) is 14.2. The summed E-state index contributed by atoms with van der Waals surface area (Å²) in [6.07, 6.45) is 1.63. The van der Waals surface area contributed by atoms with E-state index in [-0.39, 0.29) is 18.8 Å². The van der Waals surface area contributed by atoms with Crippen molar-refractivity contribution in [3.63, 3.8) is 0 Å². The van der Waals surface area contributed by atoms with E-state index in [4.69, 9.17) is 24.2 Å². The number of hydrogen-bond acceptors (Lipinski definition) is 6. The molecule has 0 bridgehead atoms. The Labute approximate surface area is 147 Å². The van der Waals surface area contributed by atoms with Crippen LogP contribution in [-0.4, -0.2) is 57.1 Å². The maximum Gasteiger partial charge on any atom is 0.260 e. The van der Waals surface area contributed by atoms with Gasteiger partial charge in [-0.25, -0.2) is 0 Å². The zero-order valence-corrected chi connectivity index (χ0v) is 14.3. The second kappa shape index (κ2) is 8.19. The Bertz CT molecular complexity index is 643. The number of carbonyl (C=O) groups is 1. The van der Waals surface area contributed by atoms with Crippen LogP contribution in [0.2, 0.25) is 0 Å². The van der Waals surface area contributed by atoms with E-state index in [1.165, 1.54) is 7.11 Å². The Morgan fingerprint density at radius 2 is 2.00 bits per heavy atom. The number of amides is 1. The number of nitrogens with zero attached hydrogens (tertiary/aromatic N) is 2. The molecule has 1 aromatic carbocycles. The van der Waals surface area contributed by atoms with E-state index < -0.39 is 0 Å². The van der Waals surface area contributed by atoms with E-state index in [1.807, 2.05) is 11.0 Å². The molecule has 2 heterocycles. The Balaban J connectivity index is 1.49. The topological polar surface area (TPSA) is 81.0 Å². The van der Waals surface area contributed by atoms with Gasteiger partial charge in [-0.3, -0.25) is 4.79 Å². The summed E-state index contributed by atoms with van der Waals surface area (Å²) in [6.45, 7) is 2.62. The average molecular weight is 346 g/mol. The van der Waals surface area contributed by atoms with Gasteiger partial charge in [-0.05, 0) is 25.0 Å². The van der Waals surface area contributed by atoms with Crippen molar-refractivity contribution in [1.82, 2.24) is 4.90 Å². The van der Waals surface area contributed by atoms with E-state index in [2.05, 4.69) is 0 Å². The van der Waals surface area contributed by atoms with Crippen molar-refractivity contribution in [1.29, 1.82) is 5.26 Å². The van der Waals surface area contributed by atoms with Crippen molar-refractivity contribution >= 4 is 5.91 Å². The molecule has 0 unspecified atom stereocenters. The highest BCUT2D eigenvalue weighted by Crippen LogP contribution is 2.28. The third kappa shape index (κ3) is 4.21. The van der Waals surface area contributed by atoms with Gasteiger partial charge in [-0.1, -0.05) is 0 Å². The van der Waals surface area contributed by atoms with E-state index in [0.29, 0.717) is 49.3 Å². The minimum Gasteiger partial charge on any atom is -0.493 e. The highest BCUT2D eigenvalue weighted by Gasteiger charge is 2.31. The Morgan fingerprint density at radius 1 is 1.28 bits per heavy atom. The molecule has 2 saturated heterocycles. The molecule has 25 heavy (non-hydrogen) atoms. The van der Waals surface area contributed by atoms with Crippen LogP contribution in [0.25, 0.3) is 0 Å². The van der Waals surface area contributed by atoms with Gasteiger partial charge in [0.1, 0.15) is 0 Å². The third-order valence-corrected chi connectivity index (χ3v) is 4.57. The Morgan fingerprint density at radius 3 is 2.64 bits per heavy atom. The van der Waals surface area contributed by atoms with E-state index in [0.717, 1.165) is 12.8 Å². The van der Waals surface area contributed by atoms with Crippen molar-refractivity contribution in [3.8, 4) is 17.6 Å². The maximum absolute atomic E-state index is 12.4. The van der Waals surface area contributed by atoms with Gasteiger partial charge in [0.25, 0.3) is 5.91 Å². The number of ether oxygens (including phenoxy) is 4. The molecule has 2 fully saturated rings. The molecular weight excluding hydrogens is 324 g/mol. The standard InChI is InChI=1S/C18H22N2O5/c1-22-16-10-13(11-19)2-3-15(16)25-12-17(21)20-6-4-14(5-7-20)18-23-8-9-24-18/h2-3,10,14,18H,4-9,12H2,1H3. The van der Waals surface area contributed by atoms with Crippen molar-refractivity contribution in [2.75, 3.05) is 40.0 Å². The first-order valence-corrected chi connectivity index (χ1v) is 8.43. The molecule has 7 heteroatoms. The number of rotatable bonds is 5. The molecule has 1 amide bonds. The first-order valence-electron chi connectivity index (χ1n) is 8.43. The van der Waals surface area contributed by atoms with E-state index in [1.54, 1.807) is 18.2 Å². The lowest BCUT2D eigenvalue weighted by atomic mass is 9.96. The van der Waals surface area contributed by atoms with Crippen molar-refractivity contribution in [2.24, 2.45) is 5.92 Å². The summed E-state index contributed by atoms with van der Waals surface area (Å²) in [7, 11) is 1.50. The fourth-order valence-corrected chi connectivity index (χ4v) is 3.16. The zero-order chi connectivity index (χ0) is 17.6. The molecule has 2 aliphatic heterocycles.